The topological polar surface area (TPSA) is 134 Å². The first kappa shape index (κ1) is 25.9. The van der Waals surface area contributed by atoms with E-state index in [0.717, 1.165) is 4.90 Å². The maximum atomic E-state index is 13.1. The van der Waals surface area contributed by atoms with Crippen LogP contribution >= 0.6 is 23.5 Å². The van der Waals surface area contributed by atoms with Crippen LogP contribution in [-0.4, -0.2) is 71.6 Å². The highest BCUT2D eigenvalue weighted by molar-refractivity contribution is 7.99. The van der Waals surface area contributed by atoms with Gasteiger partial charge in [-0.3, -0.25) is 14.4 Å². The van der Waals surface area contributed by atoms with E-state index in [1.54, 1.807) is 37.9 Å². The normalized spacial score (nSPS) is 18.8. The summed E-state index contributed by atoms with van der Waals surface area (Å²) >= 11 is 2.91. The largest absolute Gasteiger partial charge is 0.368 e. The highest BCUT2D eigenvalue weighted by Gasteiger charge is 2.43. The third-order valence-corrected chi connectivity index (χ3v) is 6.43. The highest BCUT2D eigenvalue weighted by Crippen LogP contribution is 2.22. The number of carbonyl (C=O) groups is 4. The average Bonchev–Trinajstić information content (AvgIpc) is 3.15. The van der Waals surface area contributed by atoms with Crippen LogP contribution in [-0.2, 0) is 14.4 Å². The Morgan fingerprint density at radius 2 is 1.94 bits per heavy atom. The number of nitrogens with two attached hydrogens (primary N) is 1. The van der Waals surface area contributed by atoms with Crippen LogP contribution in [0.3, 0.4) is 0 Å². The molecule has 0 bridgehead atoms. The Morgan fingerprint density at radius 1 is 1.22 bits per heavy atom. The van der Waals surface area contributed by atoms with E-state index >= 15 is 0 Å². The Labute approximate surface area is 197 Å². The van der Waals surface area contributed by atoms with Crippen molar-refractivity contribution in [3.63, 3.8) is 0 Å². The molecule has 1 aromatic rings. The summed E-state index contributed by atoms with van der Waals surface area (Å²) in [7, 11) is 0. The summed E-state index contributed by atoms with van der Waals surface area (Å²) in [4.78, 5) is 52.6. The van der Waals surface area contributed by atoms with Gasteiger partial charge in [-0.05, 0) is 43.0 Å². The fourth-order valence-corrected chi connectivity index (χ4v) is 4.47. The molecule has 0 saturated carbocycles. The van der Waals surface area contributed by atoms with E-state index in [2.05, 4.69) is 16.0 Å². The summed E-state index contributed by atoms with van der Waals surface area (Å²) in [5, 5.41) is 8.26. The number of nitrogens with one attached hydrogen (secondary N) is 3. The molecular formula is C21H31N5O4S2. The van der Waals surface area contributed by atoms with E-state index in [4.69, 9.17) is 5.73 Å². The molecule has 1 aliphatic rings. The van der Waals surface area contributed by atoms with Crippen LogP contribution in [0.15, 0.2) is 29.2 Å². The SMILES string of the molecule is CSCC(=O)N1CC[C@H](NC(=O)Nc2cccc(SC)c2)[C@@H]1C(=O)N[C@@H](C(N)=O)C(C)C. The predicted octanol–water partition coefficient (Wildman–Crippen LogP) is 1.49. The Kier molecular flexibility index (Phi) is 9.70. The summed E-state index contributed by atoms with van der Waals surface area (Å²) in [5.41, 5.74) is 6.06. The van der Waals surface area contributed by atoms with Crippen LogP contribution in [0.2, 0.25) is 0 Å². The second kappa shape index (κ2) is 12.0. The van der Waals surface area contributed by atoms with E-state index in [-0.39, 0.29) is 17.6 Å². The van der Waals surface area contributed by atoms with Crippen LogP contribution in [0.5, 0.6) is 0 Å². The number of thioether (sulfide) groups is 2. The minimum absolute atomic E-state index is 0.199. The number of likely N-dealkylation sites (tertiary alicyclic amines) is 1. The molecule has 1 saturated heterocycles. The van der Waals surface area contributed by atoms with Gasteiger partial charge in [-0.25, -0.2) is 4.79 Å². The van der Waals surface area contributed by atoms with Gasteiger partial charge >= 0.3 is 6.03 Å². The fraction of sp³-hybridized carbons (Fsp3) is 0.524. The van der Waals surface area contributed by atoms with Crippen LogP contribution < -0.4 is 21.7 Å². The molecule has 5 amide bonds. The molecule has 176 valence electrons. The first-order valence-electron chi connectivity index (χ1n) is 10.3. The van der Waals surface area contributed by atoms with Crippen LogP contribution in [0.1, 0.15) is 20.3 Å². The third-order valence-electron chi connectivity index (χ3n) is 5.17. The zero-order valence-corrected chi connectivity index (χ0v) is 20.3. The maximum Gasteiger partial charge on any atom is 0.319 e. The summed E-state index contributed by atoms with van der Waals surface area (Å²) in [6, 6.07) is 4.51. The predicted molar refractivity (Wildman–Crippen MR) is 129 cm³/mol. The molecule has 1 aliphatic heterocycles. The molecule has 0 aromatic heterocycles. The fourth-order valence-electron chi connectivity index (χ4n) is 3.60. The molecule has 32 heavy (non-hydrogen) atoms. The van der Waals surface area contributed by atoms with E-state index in [1.807, 2.05) is 24.5 Å². The Bertz CT molecular complexity index is 851. The van der Waals surface area contributed by atoms with Gasteiger partial charge in [0.05, 0.1) is 11.8 Å². The summed E-state index contributed by atoms with van der Waals surface area (Å²) in [5.74, 6) is -1.36. The highest BCUT2D eigenvalue weighted by atomic mass is 32.2. The summed E-state index contributed by atoms with van der Waals surface area (Å²) in [6.07, 6.45) is 4.16. The van der Waals surface area contributed by atoms with Crippen molar-refractivity contribution < 1.29 is 19.2 Å². The maximum absolute atomic E-state index is 13.1. The number of urea groups is 1. The lowest BCUT2D eigenvalue weighted by atomic mass is 10.0. The van der Waals surface area contributed by atoms with Gasteiger partial charge in [-0.15, -0.1) is 11.8 Å². The summed E-state index contributed by atoms with van der Waals surface area (Å²) in [6.45, 7) is 3.87. The number of carbonyl (C=O) groups excluding carboxylic acids is 4. The van der Waals surface area contributed by atoms with Gasteiger partial charge in [0.15, 0.2) is 0 Å². The van der Waals surface area contributed by atoms with E-state index in [0.29, 0.717) is 18.7 Å². The number of benzene rings is 1. The molecule has 11 heteroatoms. The van der Waals surface area contributed by atoms with Gasteiger partial charge in [0, 0.05) is 17.1 Å². The van der Waals surface area contributed by atoms with Crippen molar-refractivity contribution in [1.29, 1.82) is 0 Å². The first-order chi connectivity index (χ1) is 15.2. The molecule has 0 aliphatic carbocycles. The minimum atomic E-state index is -0.932. The zero-order valence-electron chi connectivity index (χ0n) is 18.7. The van der Waals surface area contributed by atoms with Crippen molar-refractivity contribution in [1.82, 2.24) is 15.5 Å². The van der Waals surface area contributed by atoms with Gasteiger partial charge in [-0.1, -0.05) is 19.9 Å². The van der Waals surface area contributed by atoms with Crippen molar-refractivity contribution in [2.75, 3.05) is 30.1 Å². The Hall–Kier alpha value is -2.40. The van der Waals surface area contributed by atoms with Crippen LogP contribution in [0.25, 0.3) is 0 Å². The monoisotopic (exact) mass is 481 g/mol. The Morgan fingerprint density at radius 3 is 2.53 bits per heavy atom. The number of hydrogen-bond donors (Lipinski definition) is 4. The molecule has 1 heterocycles. The lowest BCUT2D eigenvalue weighted by Crippen LogP contribution is -2.59. The van der Waals surface area contributed by atoms with Gasteiger partial charge in [0.1, 0.15) is 12.1 Å². The van der Waals surface area contributed by atoms with Crippen molar-refractivity contribution in [3.8, 4) is 0 Å². The van der Waals surface area contributed by atoms with Crippen LogP contribution in [0, 0.1) is 5.92 Å². The van der Waals surface area contributed by atoms with Gasteiger partial charge < -0.3 is 26.6 Å². The van der Waals surface area contributed by atoms with Crippen molar-refractivity contribution in [2.45, 2.75) is 43.3 Å². The molecule has 0 radical (unpaired) electrons. The molecular weight excluding hydrogens is 450 g/mol. The average molecular weight is 482 g/mol. The van der Waals surface area contributed by atoms with Crippen molar-refractivity contribution in [3.05, 3.63) is 24.3 Å². The number of anilines is 1. The smallest absolute Gasteiger partial charge is 0.319 e. The summed E-state index contributed by atoms with van der Waals surface area (Å²) < 4.78 is 0. The Balaban J connectivity index is 2.17. The number of nitrogens with zero attached hydrogens (tertiary/aromatic N) is 1. The van der Waals surface area contributed by atoms with Gasteiger partial charge in [0.2, 0.25) is 17.7 Å². The number of amides is 5. The number of primary amides is 1. The standard InChI is InChI=1S/C21H31N5O4S2/c1-12(2)17(19(22)28)25-20(29)18-15(8-9-26(18)16(27)11-31-3)24-21(30)23-13-6-5-7-14(10-13)32-4/h5-7,10,12,15,17-18H,8-9,11H2,1-4H3,(H2,22,28)(H,25,29)(H2,23,24,30)/t15-,17+,18+/m0/s1. The third kappa shape index (κ3) is 6.80. The lowest BCUT2D eigenvalue weighted by molar-refractivity contribution is -0.138. The molecule has 1 aromatic carbocycles. The molecule has 9 nitrogen and oxygen atoms in total. The first-order valence-corrected chi connectivity index (χ1v) is 12.9. The quantitative estimate of drug-likeness (QED) is 0.395. The second-order valence-electron chi connectivity index (χ2n) is 7.82. The van der Waals surface area contributed by atoms with E-state index in [1.165, 1.54) is 16.7 Å². The van der Waals surface area contributed by atoms with E-state index in [9.17, 15) is 19.2 Å². The molecule has 2 rings (SSSR count). The molecule has 3 atom stereocenters. The van der Waals surface area contributed by atoms with Gasteiger partial charge in [-0.2, -0.15) is 11.8 Å². The van der Waals surface area contributed by atoms with Crippen molar-refractivity contribution in [2.24, 2.45) is 11.7 Å². The molecule has 0 unspecified atom stereocenters. The lowest BCUT2D eigenvalue weighted by Gasteiger charge is -2.30. The van der Waals surface area contributed by atoms with Crippen LogP contribution in [0.4, 0.5) is 10.5 Å². The number of hydrogen-bond acceptors (Lipinski definition) is 6. The minimum Gasteiger partial charge on any atom is -0.368 e. The van der Waals surface area contributed by atoms with E-state index < -0.39 is 36.0 Å². The number of rotatable bonds is 9. The second-order valence-corrected chi connectivity index (χ2v) is 9.57. The van der Waals surface area contributed by atoms with Gasteiger partial charge in [0.25, 0.3) is 0 Å². The van der Waals surface area contributed by atoms with Crippen molar-refractivity contribution >= 4 is 53.0 Å². The molecule has 0 spiro atoms. The molecule has 5 N–H and O–H groups in total. The molecule has 1 fully saturated rings. The zero-order chi connectivity index (χ0) is 23.8.